The first-order valence-electron chi connectivity index (χ1n) is 7.72. The van der Waals surface area contributed by atoms with Crippen molar-refractivity contribution in [2.45, 2.75) is 44.9 Å². The average Bonchev–Trinajstić information content (AvgIpc) is 2.40. The summed E-state index contributed by atoms with van der Waals surface area (Å²) in [5.74, 6) is 1.28. The van der Waals surface area contributed by atoms with Crippen molar-refractivity contribution in [2.75, 3.05) is 32.4 Å². The van der Waals surface area contributed by atoms with Crippen LogP contribution in [0.3, 0.4) is 0 Å². The first-order chi connectivity index (χ1) is 9.08. The highest BCUT2D eigenvalue weighted by molar-refractivity contribution is 7.89. The molecule has 0 radical (unpaired) electrons. The molecule has 0 aromatic heterocycles. The number of rotatable bonds is 5. The molecule has 1 saturated heterocycles. The van der Waals surface area contributed by atoms with E-state index in [0.29, 0.717) is 17.6 Å². The molecule has 1 N–H and O–H groups in total. The maximum absolute atomic E-state index is 12.4. The smallest absolute Gasteiger partial charge is 0.214 e. The summed E-state index contributed by atoms with van der Waals surface area (Å²) in [6, 6.07) is 0. The Bertz CT molecular complexity index is 358. The van der Waals surface area contributed by atoms with Crippen LogP contribution in [0.4, 0.5) is 0 Å². The third-order valence-electron chi connectivity index (χ3n) is 4.62. The maximum atomic E-state index is 12.4. The summed E-state index contributed by atoms with van der Waals surface area (Å²) in [6.07, 6.45) is 8.26. The van der Waals surface area contributed by atoms with Gasteiger partial charge in [-0.05, 0) is 50.6 Å². The number of sulfonamides is 1. The van der Waals surface area contributed by atoms with Crippen molar-refractivity contribution in [1.29, 1.82) is 0 Å². The topological polar surface area (TPSA) is 49.4 Å². The van der Waals surface area contributed by atoms with Crippen LogP contribution in [0.15, 0.2) is 0 Å². The molecule has 112 valence electrons. The zero-order chi connectivity index (χ0) is 13.7. The number of nitrogens with one attached hydrogen (secondary N) is 1. The van der Waals surface area contributed by atoms with Crippen molar-refractivity contribution in [3.8, 4) is 0 Å². The fraction of sp³-hybridized carbons (Fsp3) is 1.00. The Morgan fingerprint density at radius 1 is 1.00 bits per heavy atom. The van der Waals surface area contributed by atoms with E-state index in [1.807, 2.05) is 0 Å². The number of hydrogen-bond acceptors (Lipinski definition) is 3. The fourth-order valence-corrected chi connectivity index (χ4v) is 4.94. The van der Waals surface area contributed by atoms with Crippen molar-refractivity contribution < 1.29 is 8.42 Å². The summed E-state index contributed by atoms with van der Waals surface area (Å²) in [7, 11) is -1.28. The highest BCUT2D eigenvalue weighted by Gasteiger charge is 2.27. The molecule has 5 heteroatoms. The van der Waals surface area contributed by atoms with E-state index in [9.17, 15) is 8.42 Å². The summed E-state index contributed by atoms with van der Waals surface area (Å²) >= 11 is 0. The molecule has 0 spiro atoms. The van der Waals surface area contributed by atoms with Gasteiger partial charge in [0.2, 0.25) is 10.0 Å². The van der Waals surface area contributed by atoms with Crippen LogP contribution in [0.1, 0.15) is 44.9 Å². The van der Waals surface area contributed by atoms with E-state index < -0.39 is 10.0 Å². The van der Waals surface area contributed by atoms with Crippen LogP contribution < -0.4 is 5.32 Å². The van der Waals surface area contributed by atoms with Crippen molar-refractivity contribution in [1.82, 2.24) is 9.62 Å². The fourth-order valence-electron chi connectivity index (χ4n) is 3.32. The minimum atomic E-state index is -3.05. The van der Waals surface area contributed by atoms with Gasteiger partial charge in [-0.15, -0.1) is 0 Å². The Morgan fingerprint density at radius 2 is 1.63 bits per heavy atom. The Morgan fingerprint density at radius 3 is 2.26 bits per heavy atom. The number of nitrogens with zero attached hydrogens (tertiary/aromatic N) is 1. The van der Waals surface area contributed by atoms with Crippen molar-refractivity contribution in [3.63, 3.8) is 0 Å². The van der Waals surface area contributed by atoms with Gasteiger partial charge < -0.3 is 5.32 Å². The molecule has 0 aromatic carbocycles. The second-order valence-corrected chi connectivity index (χ2v) is 8.38. The molecule has 0 aromatic rings. The van der Waals surface area contributed by atoms with Crippen LogP contribution in [0.5, 0.6) is 0 Å². The molecule has 1 heterocycles. The first kappa shape index (κ1) is 15.3. The Kier molecular flexibility index (Phi) is 5.66. The van der Waals surface area contributed by atoms with E-state index in [2.05, 4.69) is 5.32 Å². The van der Waals surface area contributed by atoms with Gasteiger partial charge in [-0.2, -0.15) is 0 Å². The lowest BCUT2D eigenvalue weighted by Gasteiger charge is -2.29. The van der Waals surface area contributed by atoms with Crippen molar-refractivity contribution in [3.05, 3.63) is 0 Å². The largest absolute Gasteiger partial charge is 0.317 e. The van der Waals surface area contributed by atoms with Gasteiger partial charge in [0.25, 0.3) is 0 Å². The van der Waals surface area contributed by atoms with Crippen molar-refractivity contribution >= 4 is 10.0 Å². The molecule has 19 heavy (non-hydrogen) atoms. The standard InChI is InChI=1S/C14H28N2O2S/c1-16(11-13-5-3-2-4-6-13)19(17,18)12-14-7-9-15-10-8-14/h13-15H,2-12H2,1H3. The van der Waals surface area contributed by atoms with E-state index in [4.69, 9.17) is 0 Å². The van der Waals surface area contributed by atoms with E-state index in [1.165, 1.54) is 32.1 Å². The van der Waals surface area contributed by atoms with Crippen LogP contribution in [0.25, 0.3) is 0 Å². The Labute approximate surface area is 118 Å². The van der Waals surface area contributed by atoms with Gasteiger partial charge in [-0.3, -0.25) is 0 Å². The van der Waals surface area contributed by atoms with E-state index in [-0.39, 0.29) is 0 Å². The number of piperidine rings is 1. The predicted octanol–water partition coefficient (Wildman–Crippen LogP) is 1.83. The monoisotopic (exact) mass is 288 g/mol. The summed E-state index contributed by atoms with van der Waals surface area (Å²) in [5.41, 5.74) is 0. The van der Waals surface area contributed by atoms with Gasteiger partial charge in [0.05, 0.1) is 5.75 Å². The summed E-state index contributed by atoms with van der Waals surface area (Å²) in [5, 5.41) is 3.29. The van der Waals surface area contributed by atoms with Gasteiger partial charge in [0, 0.05) is 13.6 Å². The molecule has 1 saturated carbocycles. The number of hydrogen-bond donors (Lipinski definition) is 1. The molecule has 1 aliphatic heterocycles. The quantitative estimate of drug-likeness (QED) is 0.839. The SMILES string of the molecule is CN(CC1CCCCC1)S(=O)(=O)CC1CCNCC1. The predicted molar refractivity (Wildman–Crippen MR) is 78.6 cm³/mol. The van der Waals surface area contributed by atoms with Gasteiger partial charge in [0.15, 0.2) is 0 Å². The second kappa shape index (κ2) is 7.04. The summed E-state index contributed by atoms with van der Waals surface area (Å²) in [4.78, 5) is 0. The molecular formula is C14H28N2O2S. The van der Waals surface area contributed by atoms with Gasteiger partial charge in [-0.1, -0.05) is 19.3 Å². The second-order valence-electron chi connectivity index (χ2n) is 6.26. The lowest BCUT2D eigenvalue weighted by atomic mass is 9.89. The van der Waals surface area contributed by atoms with E-state index in [1.54, 1.807) is 11.4 Å². The summed E-state index contributed by atoms with van der Waals surface area (Å²) in [6.45, 7) is 2.66. The van der Waals surface area contributed by atoms with Crippen LogP contribution >= 0.6 is 0 Å². The normalized spacial score (nSPS) is 23.9. The van der Waals surface area contributed by atoms with Crippen LogP contribution in [-0.4, -0.2) is 45.2 Å². The van der Waals surface area contributed by atoms with Gasteiger partial charge >= 0.3 is 0 Å². The molecule has 0 unspecified atom stereocenters. The highest BCUT2D eigenvalue weighted by atomic mass is 32.2. The molecule has 0 atom stereocenters. The maximum Gasteiger partial charge on any atom is 0.214 e. The molecule has 2 aliphatic rings. The molecule has 4 nitrogen and oxygen atoms in total. The summed E-state index contributed by atoms with van der Waals surface area (Å²) < 4.78 is 26.4. The third kappa shape index (κ3) is 4.72. The minimum absolute atomic E-state index is 0.345. The van der Waals surface area contributed by atoms with Crippen LogP contribution in [0.2, 0.25) is 0 Å². The van der Waals surface area contributed by atoms with Gasteiger partial charge in [-0.25, -0.2) is 12.7 Å². The first-order valence-corrected chi connectivity index (χ1v) is 9.33. The zero-order valence-corrected chi connectivity index (χ0v) is 12.9. The average molecular weight is 288 g/mol. The highest BCUT2D eigenvalue weighted by Crippen LogP contribution is 2.25. The van der Waals surface area contributed by atoms with Crippen molar-refractivity contribution in [2.24, 2.45) is 11.8 Å². The molecule has 0 amide bonds. The molecule has 2 rings (SSSR count). The minimum Gasteiger partial charge on any atom is -0.317 e. The van der Waals surface area contributed by atoms with Crippen LogP contribution in [-0.2, 0) is 10.0 Å². The van der Waals surface area contributed by atoms with Gasteiger partial charge in [0.1, 0.15) is 0 Å². The van der Waals surface area contributed by atoms with E-state index >= 15 is 0 Å². The Hall–Kier alpha value is -0.130. The lowest BCUT2D eigenvalue weighted by Crippen LogP contribution is -2.38. The Balaban J connectivity index is 1.83. The lowest BCUT2D eigenvalue weighted by molar-refractivity contribution is 0.297. The third-order valence-corrected chi connectivity index (χ3v) is 6.61. The molecule has 0 bridgehead atoms. The molecule has 2 fully saturated rings. The molecule has 1 aliphatic carbocycles. The zero-order valence-electron chi connectivity index (χ0n) is 12.1. The molecular weight excluding hydrogens is 260 g/mol. The van der Waals surface area contributed by atoms with E-state index in [0.717, 1.165) is 32.5 Å². The van der Waals surface area contributed by atoms with Crippen LogP contribution in [0, 0.1) is 11.8 Å².